The van der Waals surface area contributed by atoms with Crippen molar-refractivity contribution in [1.29, 1.82) is 0 Å². The van der Waals surface area contributed by atoms with Crippen LogP contribution in [0.2, 0.25) is 0 Å². The molecule has 1 unspecified atom stereocenters. The molecular formula is C31H44N4O6S. The number of thiazole rings is 1. The lowest BCUT2D eigenvalue weighted by Crippen LogP contribution is -2.46. The second-order valence-electron chi connectivity index (χ2n) is 11.5. The van der Waals surface area contributed by atoms with Gasteiger partial charge in [-0.3, -0.25) is 24.6 Å². The van der Waals surface area contributed by atoms with Crippen molar-refractivity contribution < 1.29 is 28.7 Å². The number of carbonyl (C=O) groups is 4. The third-order valence-corrected chi connectivity index (χ3v) is 8.51. The molecule has 1 aliphatic carbocycles. The number of nitrogens with one attached hydrogen (secondary N) is 2. The Morgan fingerprint density at radius 2 is 1.79 bits per heavy atom. The molecule has 0 saturated heterocycles. The number of amides is 2. The van der Waals surface area contributed by atoms with E-state index in [1.165, 1.54) is 25.4 Å². The highest BCUT2D eigenvalue weighted by Gasteiger charge is 2.33. The van der Waals surface area contributed by atoms with Crippen LogP contribution in [0.3, 0.4) is 0 Å². The highest BCUT2D eigenvalue weighted by atomic mass is 32.1. The first-order valence-corrected chi connectivity index (χ1v) is 15.4. The van der Waals surface area contributed by atoms with Crippen LogP contribution in [0.25, 0.3) is 0 Å². The van der Waals surface area contributed by atoms with Gasteiger partial charge in [0.2, 0.25) is 5.91 Å². The predicted molar refractivity (Wildman–Crippen MR) is 160 cm³/mol. The summed E-state index contributed by atoms with van der Waals surface area (Å²) in [6, 6.07) is 9.38. The van der Waals surface area contributed by atoms with Crippen molar-refractivity contribution in [2.45, 2.75) is 84.4 Å². The van der Waals surface area contributed by atoms with Crippen molar-refractivity contribution in [1.82, 2.24) is 20.7 Å². The third kappa shape index (κ3) is 10.2. The number of ether oxygens (including phenoxy) is 2. The Hall–Kier alpha value is -3.31. The number of methoxy groups -OCH3 is 1. The number of hydrazine groups is 1. The molecule has 1 saturated carbocycles. The van der Waals surface area contributed by atoms with Crippen LogP contribution in [-0.2, 0) is 30.3 Å². The maximum atomic E-state index is 13.1. The van der Waals surface area contributed by atoms with E-state index in [1.807, 2.05) is 44.2 Å². The lowest BCUT2D eigenvalue weighted by molar-refractivity contribution is -0.148. The number of hydrogen-bond acceptors (Lipinski definition) is 9. The Morgan fingerprint density at radius 1 is 1.10 bits per heavy atom. The van der Waals surface area contributed by atoms with E-state index in [-0.39, 0.29) is 41.5 Å². The molecule has 2 amide bonds. The molecule has 10 nitrogen and oxygen atoms in total. The number of hydrogen-bond donors (Lipinski definition) is 2. The molecule has 0 bridgehead atoms. The highest BCUT2D eigenvalue weighted by molar-refractivity contribution is 7.09. The molecule has 1 heterocycles. The molecule has 4 atom stereocenters. The molecule has 1 aromatic heterocycles. The summed E-state index contributed by atoms with van der Waals surface area (Å²) in [4.78, 5) is 56.3. The monoisotopic (exact) mass is 600 g/mol. The number of aromatic nitrogens is 1. The van der Waals surface area contributed by atoms with Crippen LogP contribution in [0.4, 0.5) is 0 Å². The van der Waals surface area contributed by atoms with Crippen LogP contribution in [-0.4, -0.2) is 59.9 Å². The van der Waals surface area contributed by atoms with Gasteiger partial charge in [-0.05, 0) is 43.1 Å². The van der Waals surface area contributed by atoms with E-state index in [1.54, 1.807) is 24.3 Å². The molecule has 42 heavy (non-hydrogen) atoms. The largest absolute Gasteiger partial charge is 0.469 e. The minimum atomic E-state index is -0.697. The summed E-state index contributed by atoms with van der Waals surface area (Å²) < 4.78 is 10.5. The average molecular weight is 601 g/mol. The van der Waals surface area contributed by atoms with Crippen molar-refractivity contribution in [2.24, 2.45) is 17.8 Å². The van der Waals surface area contributed by atoms with Crippen LogP contribution in [0, 0.1) is 17.8 Å². The van der Waals surface area contributed by atoms with Crippen LogP contribution < -0.4 is 10.9 Å². The molecule has 2 N–H and O–H groups in total. The molecule has 1 fully saturated rings. The van der Waals surface area contributed by atoms with Crippen LogP contribution >= 0.6 is 11.3 Å². The maximum Gasteiger partial charge on any atom is 0.308 e. The number of nitrogens with zero attached hydrogens (tertiary/aromatic N) is 2. The van der Waals surface area contributed by atoms with E-state index in [9.17, 15) is 19.2 Å². The molecule has 0 radical (unpaired) electrons. The number of carbonyl (C=O) groups excluding carboxylic acids is 4. The minimum Gasteiger partial charge on any atom is -0.469 e. The number of benzene rings is 1. The lowest BCUT2D eigenvalue weighted by Gasteiger charge is -2.33. The van der Waals surface area contributed by atoms with Gasteiger partial charge >= 0.3 is 11.9 Å². The first-order valence-electron chi connectivity index (χ1n) is 14.5. The van der Waals surface area contributed by atoms with Gasteiger partial charge in [0.15, 0.2) is 6.10 Å². The van der Waals surface area contributed by atoms with Gasteiger partial charge in [0.1, 0.15) is 10.7 Å². The highest BCUT2D eigenvalue weighted by Crippen LogP contribution is 2.34. The van der Waals surface area contributed by atoms with E-state index >= 15 is 0 Å². The first-order chi connectivity index (χ1) is 20.0. The molecule has 3 rings (SSSR count). The van der Waals surface area contributed by atoms with Crippen molar-refractivity contribution >= 4 is 35.1 Å². The van der Waals surface area contributed by atoms with Gasteiger partial charge in [0, 0.05) is 44.3 Å². The molecule has 1 aromatic carbocycles. The first kappa shape index (κ1) is 33.2. The van der Waals surface area contributed by atoms with Crippen molar-refractivity contribution in [3.8, 4) is 0 Å². The summed E-state index contributed by atoms with van der Waals surface area (Å²) in [5, 5.41) is 2.11. The minimum absolute atomic E-state index is 0.0922. The van der Waals surface area contributed by atoms with Crippen molar-refractivity contribution in [3.63, 3.8) is 0 Å². The van der Waals surface area contributed by atoms with Crippen LogP contribution in [0.5, 0.6) is 0 Å². The molecule has 2 aromatic rings. The molecule has 0 aliphatic heterocycles. The Kier molecular flexibility index (Phi) is 12.5. The zero-order chi connectivity index (χ0) is 30.8. The Labute approximate surface area is 252 Å². The summed E-state index contributed by atoms with van der Waals surface area (Å²) in [5.74, 6) is -0.901. The fourth-order valence-corrected chi connectivity index (χ4v) is 5.82. The van der Waals surface area contributed by atoms with Gasteiger partial charge in [-0.15, -0.1) is 11.3 Å². The van der Waals surface area contributed by atoms with Gasteiger partial charge in [-0.1, -0.05) is 51.1 Å². The zero-order valence-corrected chi connectivity index (χ0v) is 26.2. The zero-order valence-electron chi connectivity index (χ0n) is 25.4. The van der Waals surface area contributed by atoms with Gasteiger partial charge < -0.3 is 14.4 Å². The van der Waals surface area contributed by atoms with E-state index in [2.05, 4.69) is 15.8 Å². The molecule has 230 valence electrons. The summed E-state index contributed by atoms with van der Waals surface area (Å²) in [6.07, 6.45) is 3.44. The number of esters is 2. The van der Waals surface area contributed by atoms with E-state index < -0.39 is 18.0 Å². The average Bonchev–Trinajstić information content (AvgIpc) is 3.63. The van der Waals surface area contributed by atoms with Gasteiger partial charge in [-0.25, -0.2) is 10.4 Å². The van der Waals surface area contributed by atoms with Crippen molar-refractivity contribution in [3.05, 3.63) is 52.0 Å². The topological polar surface area (TPSA) is 127 Å². The van der Waals surface area contributed by atoms with Gasteiger partial charge in [0.25, 0.3) is 5.91 Å². The van der Waals surface area contributed by atoms with E-state index in [0.29, 0.717) is 36.6 Å². The third-order valence-electron chi connectivity index (χ3n) is 7.57. The smallest absolute Gasteiger partial charge is 0.308 e. The lowest BCUT2D eigenvalue weighted by atomic mass is 9.96. The summed E-state index contributed by atoms with van der Waals surface area (Å²) in [5.41, 5.74) is 7.04. The SMILES string of the molecule is COC(=O)[C@@H](C)C[C@H](Cc1ccccc1)NNC(=O)c1csc([C@@H](CC(C(C)C)N(C)C(=O)CC2CC2)OC(C)=O)n1. The van der Waals surface area contributed by atoms with Crippen molar-refractivity contribution in [2.75, 3.05) is 14.2 Å². The van der Waals surface area contributed by atoms with Crippen LogP contribution in [0.1, 0.15) is 87.0 Å². The Bertz CT molecular complexity index is 1200. The Morgan fingerprint density at radius 3 is 2.38 bits per heavy atom. The molecule has 11 heteroatoms. The maximum absolute atomic E-state index is 13.1. The molecule has 1 aliphatic rings. The second kappa shape index (κ2) is 15.8. The quantitative estimate of drug-likeness (QED) is 0.214. The van der Waals surface area contributed by atoms with Crippen LogP contribution in [0.15, 0.2) is 35.7 Å². The normalized spacial score (nSPS) is 15.8. The molecular weight excluding hydrogens is 556 g/mol. The summed E-state index contributed by atoms with van der Waals surface area (Å²) in [7, 11) is 3.16. The predicted octanol–water partition coefficient (Wildman–Crippen LogP) is 4.47. The summed E-state index contributed by atoms with van der Waals surface area (Å²) >= 11 is 1.24. The van der Waals surface area contributed by atoms with Gasteiger partial charge in [-0.2, -0.15) is 0 Å². The summed E-state index contributed by atoms with van der Waals surface area (Å²) in [6.45, 7) is 7.20. The Balaban J connectivity index is 1.69. The molecule has 0 spiro atoms. The number of rotatable bonds is 16. The van der Waals surface area contributed by atoms with Gasteiger partial charge in [0.05, 0.1) is 13.0 Å². The fourth-order valence-electron chi connectivity index (χ4n) is 4.98. The second-order valence-corrected chi connectivity index (χ2v) is 12.4. The fraction of sp³-hybridized carbons (Fsp3) is 0.581. The van der Waals surface area contributed by atoms with E-state index in [0.717, 1.165) is 18.4 Å². The standard InChI is InChI=1S/C31H44N4O6S/c1-19(2)26(35(5)28(37)16-23-12-13-23)17-27(41-21(4)36)30-32-25(18-42-30)29(38)34-33-24(14-20(3)31(39)40-6)15-22-10-8-7-9-11-22/h7-11,18-20,23-24,26-27,33H,12-17H2,1-6H3,(H,34,38)/t20-,24+,26?,27+/m0/s1. The van der Waals surface area contributed by atoms with E-state index in [4.69, 9.17) is 9.47 Å².